The summed E-state index contributed by atoms with van der Waals surface area (Å²) in [6.07, 6.45) is 5.81. The number of aromatic amines is 1. The van der Waals surface area contributed by atoms with Gasteiger partial charge in [-0.05, 0) is 19.4 Å². The monoisotopic (exact) mass is 417 g/mol. The Morgan fingerprint density at radius 2 is 2.07 bits per heavy atom. The number of anilines is 1. The fourth-order valence-electron chi connectivity index (χ4n) is 2.90. The van der Waals surface area contributed by atoms with Crippen molar-refractivity contribution in [1.82, 2.24) is 19.9 Å². The van der Waals surface area contributed by atoms with Crippen molar-refractivity contribution in [2.75, 3.05) is 5.32 Å². The predicted octanol–water partition coefficient (Wildman–Crippen LogP) is 4.33. The van der Waals surface area contributed by atoms with Crippen LogP contribution in [-0.4, -0.2) is 37.5 Å². The molecule has 3 aromatic rings. The van der Waals surface area contributed by atoms with E-state index in [9.17, 15) is 14.0 Å². The van der Waals surface area contributed by atoms with Crippen molar-refractivity contribution < 1.29 is 14.0 Å². The van der Waals surface area contributed by atoms with Crippen LogP contribution < -0.4 is 5.32 Å². The molecule has 0 bridgehead atoms. The highest BCUT2D eigenvalue weighted by Gasteiger charge is 2.18. The Labute approximate surface area is 172 Å². The maximum atomic E-state index is 14.2. The molecule has 0 aliphatic heterocycles. The van der Waals surface area contributed by atoms with Crippen LogP contribution in [0.4, 0.5) is 10.2 Å². The van der Waals surface area contributed by atoms with E-state index < -0.39 is 11.9 Å². The van der Waals surface area contributed by atoms with Gasteiger partial charge in [-0.25, -0.2) is 19.3 Å². The van der Waals surface area contributed by atoms with Crippen molar-refractivity contribution in [2.45, 2.75) is 45.6 Å². The third kappa shape index (κ3) is 4.95. The van der Waals surface area contributed by atoms with Crippen LogP contribution in [0.1, 0.15) is 39.5 Å². The first kappa shape index (κ1) is 20.9. The van der Waals surface area contributed by atoms with Gasteiger partial charge in [0.2, 0.25) is 0 Å². The van der Waals surface area contributed by atoms with Crippen molar-refractivity contribution in [2.24, 2.45) is 0 Å². The summed E-state index contributed by atoms with van der Waals surface area (Å²) < 4.78 is 14.2. The van der Waals surface area contributed by atoms with Gasteiger partial charge in [0.15, 0.2) is 23.2 Å². The van der Waals surface area contributed by atoms with Gasteiger partial charge in [0, 0.05) is 42.6 Å². The van der Waals surface area contributed by atoms with Crippen LogP contribution in [0.15, 0.2) is 24.7 Å². The number of fused-ring (bicyclic) bond motifs is 1. The van der Waals surface area contributed by atoms with Crippen molar-refractivity contribution in [3.05, 3.63) is 35.5 Å². The number of nitrogens with one attached hydrogen (secondary N) is 2. The Hall–Kier alpha value is -2.87. The van der Waals surface area contributed by atoms with Crippen LogP contribution in [0.25, 0.3) is 22.4 Å². The standard InChI is InChI=1S/C20H21ClFN5O2/c1-3-13(28)5-4-6-17(29)11(2)26-20-16(22)10-25-19(27-20)15-9-24-18-14(15)7-12(21)8-23-18/h7-11H,3-6H2,1-2H3,(H,23,24)(H,25,26,27)/t11-/m0/s1. The molecule has 3 heterocycles. The topological polar surface area (TPSA) is 101 Å². The van der Waals surface area contributed by atoms with Gasteiger partial charge in [0.05, 0.1) is 17.3 Å². The van der Waals surface area contributed by atoms with Gasteiger partial charge in [-0.3, -0.25) is 9.59 Å². The number of ketones is 2. The molecule has 9 heteroatoms. The van der Waals surface area contributed by atoms with Crippen LogP contribution in [0, 0.1) is 5.82 Å². The fraction of sp³-hybridized carbons (Fsp3) is 0.350. The number of nitrogens with zero attached hydrogens (tertiary/aromatic N) is 3. The van der Waals surface area contributed by atoms with E-state index >= 15 is 0 Å². The molecule has 0 aromatic carbocycles. The molecule has 0 aliphatic rings. The molecular formula is C20H21ClFN5O2. The molecule has 29 heavy (non-hydrogen) atoms. The number of pyridine rings is 1. The zero-order valence-corrected chi connectivity index (χ0v) is 16.9. The predicted molar refractivity (Wildman–Crippen MR) is 109 cm³/mol. The number of hydrogen-bond acceptors (Lipinski definition) is 6. The molecule has 0 unspecified atom stereocenters. The number of rotatable bonds is 9. The molecule has 0 spiro atoms. The second-order valence-corrected chi connectivity index (χ2v) is 7.16. The largest absolute Gasteiger partial charge is 0.358 e. The van der Waals surface area contributed by atoms with Crippen molar-refractivity contribution in [1.29, 1.82) is 0 Å². The summed E-state index contributed by atoms with van der Waals surface area (Å²) >= 11 is 6.02. The normalized spacial score (nSPS) is 12.1. The summed E-state index contributed by atoms with van der Waals surface area (Å²) in [4.78, 5) is 39.1. The molecule has 3 aromatic heterocycles. The molecule has 0 saturated carbocycles. The number of halogens is 2. The van der Waals surface area contributed by atoms with E-state index in [0.29, 0.717) is 40.9 Å². The summed E-state index contributed by atoms with van der Waals surface area (Å²) in [7, 11) is 0. The van der Waals surface area contributed by atoms with Crippen LogP contribution >= 0.6 is 11.6 Å². The van der Waals surface area contributed by atoms with Crippen molar-refractivity contribution in [3.63, 3.8) is 0 Å². The highest BCUT2D eigenvalue weighted by molar-refractivity contribution is 6.31. The van der Waals surface area contributed by atoms with E-state index in [2.05, 4.69) is 25.3 Å². The number of aromatic nitrogens is 4. The van der Waals surface area contributed by atoms with E-state index in [-0.39, 0.29) is 29.6 Å². The lowest BCUT2D eigenvalue weighted by molar-refractivity contribution is -0.120. The first-order chi connectivity index (χ1) is 13.9. The molecule has 2 N–H and O–H groups in total. The highest BCUT2D eigenvalue weighted by atomic mass is 35.5. The Bertz CT molecular complexity index is 1050. The first-order valence-corrected chi connectivity index (χ1v) is 9.73. The van der Waals surface area contributed by atoms with Crippen LogP contribution in [0.5, 0.6) is 0 Å². The molecule has 1 atom stereocenters. The average Bonchev–Trinajstić information content (AvgIpc) is 3.12. The Morgan fingerprint density at radius 3 is 2.83 bits per heavy atom. The summed E-state index contributed by atoms with van der Waals surface area (Å²) in [5.41, 5.74) is 1.23. The number of H-pyrrole nitrogens is 1. The molecule has 0 saturated heterocycles. The second kappa shape index (κ2) is 9.09. The van der Waals surface area contributed by atoms with Crippen LogP contribution in [0.3, 0.4) is 0 Å². The smallest absolute Gasteiger partial charge is 0.183 e. The Balaban J connectivity index is 1.76. The molecule has 152 valence electrons. The minimum atomic E-state index is -0.662. The third-order valence-corrected chi connectivity index (χ3v) is 4.80. The van der Waals surface area contributed by atoms with Gasteiger partial charge >= 0.3 is 0 Å². The molecule has 0 aliphatic carbocycles. The molecule has 0 amide bonds. The maximum Gasteiger partial charge on any atom is 0.183 e. The van der Waals surface area contributed by atoms with E-state index in [0.717, 1.165) is 6.20 Å². The second-order valence-electron chi connectivity index (χ2n) is 6.72. The maximum absolute atomic E-state index is 14.2. The number of Topliss-reactive ketones (excluding diaryl/α,β-unsaturated/α-hetero) is 2. The van der Waals surface area contributed by atoms with E-state index in [1.165, 1.54) is 6.20 Å². The van der Waals surface area contributed by atoms with Crippen LogP contribution in [0.2, 0.25) is 5.02 Å². The average molecular weight is 418 g/mol. The molecule has 3 rings (SSSR count). The van der Waals surface area contributed by atoms with Crippen LogP contribution in [-0.2, 0) is 9.59 Å². The third-order valence-electron chi connectivity index (χ3n) is 4.59. The lowest BCUT2D eigenvalue weighted by atomic mass is 10.1. The number of hydrogen-bond donors (Lipinski definition) is 2. The number of carbonyl (C=O) groups excluding carboxylic acids is 2. The summed E-state index contributed by atoms with van der Waals surface area (Å²) in [5, 5.41) is 3.98. The Kier molecular flexibility index (Phi) is 6.53. The van der Waals surface area contributed by atoms with Gasteiger partial charge < -0.3 is 10.3 Å². The van der Waals surface area contributed by atoms with Gasteiger partial charge in [0.25, 0.3) is 0 Å². The number of carbonyl (C=O) groups is 2. The SMILES string of the molecule is CCC(=O)CCCC(=O)[C@H](C)Nc1nc(-c2c[nH]c3ncc(Cl)cc23)ncc1F. The van der Waals surface area contributed by atoms with E-state index in [1.807, 2.05) is 0 Å². The van der Waals surface area contributed by atoms with Crippen molar-refractivity contribution >= 4 is 40.0 Å². The summed E-state index contributed by atoms with van der Waals surface area (Å²) in [6, 6.07) is 1.07. The quantitative estimate of drug-likeness (QED) is 0.537. The molecule has 0 fully saturated rings. The van der Waals surface area contributed by atoms with Gasteiger partial charge in [-0.1, -0.05) is 18.5 Å². The minimum Gasteiger partial charge on any atom is -0.358 e. The first-order valence-electron chi connectivity index (χ1n) is 9.35. The van der Waals surface area contributed by atoms with E-state index in [4.69, 9.17) is 11.6 Å². The zero-order chi connectivity index (χ0) is 21.0. The van der Waals surface area contributed by atoms with E-state index in [1.54, 1.807) is 26.1 Å². The molecule has 0 radical (unpaired) electrons. The van der Waals surface area contributed by atoms with Gasteiger partial charge in [-0.15, -0.1) is 0 Å². The lowest BCUT2D eigenvalue weighted by Gasteiger charge is -2.14. The lowest BCUT2D eigenvalue weighted by Crippen LogP contribution is -2.27. The zero-order valence-electron chi connectivity index (χ0n) is 16.1. The fourth-order valence-corrected chi connectivity index (χ4v) is 3.06. The molecular weight excluding hydrogens is 397 g/mol. The molecule has 7 nitrogen and oxygen atoms in total. The minimum absolute atomic E-state index is 0.0650. The summed E-state index contributed by atoms with van der Waals surface area (Å²) in [5.74, 6) is -0.442. The van der Waals surface area contributed by atoms with Gasteiger partial charge in [-0.2, -0.15) is 0 Å². The summed E-state index contributed by atoms with van der Waals surface area (Å²) in [6.45, 7) is 3.43. The Morgan fingerprint density at radius 1 is 1.28 bits per heavy atom. The highest BCUT2D eigenvalue weighted by Crippen LogP contribution is 2.28. The van der Waals surface area contributed by atoms with Crippen molar-refractivity contribution in [3.8, 4) is 11.4 Å². The van der Waals surface area contributed by atoms with Gasteiger partial charge in [0.1, 0.15) is 11.4 Å².